The van der Waals surface area contributed by atoms with Gasteiger partial charge < -0.3 is 10.1 Å². The molecule has 2 aromatic rings. The molecule has 0 atom stereocenters. The highest BCUT2D eigenvalue weighted by molar-refractivity contribution is 9.10. The molecular formula is C16H17BrClNO. The van der Waals surface area contributed by atoms with Crippen molar-refractivity contribution >= 4 is 27.5 Å². The molecule has 20 heavy (non-hydrogen) atoms. The maximum absolute atomic E-state index is 5.85. The second-order valence-electron chi connectivity index (χ2n) is 4.58. The molecule has 0 saturated heterocycles. The van der Waals surface area contributed by atoms with E-state index in [1.807, 2.05) is 31.3 Å². The van der Waals surface area contributed by atoms with Crippen molar-refractivity contribution in [3.8, 4) is 0 Å². The van der Waals surface area contributed by atoms with Gasteiger partial charge in [0.2, 0.25) is 0 Å². The van der Waals surface area contributed by atoms with Crippen LogP contribution < -0.4 is 5.32 Å². The van der Waals surface area contributed by atoms with Crippen molar-refractivity contribution < 1.29 is 4.74 Å². The smallest absolute Gasteiger partial charge is 0.0732 e. The summed E-state index contributed by atoms with van der Waals surface area (Å²) in [4.78, 5) is 0. The predicted molar refractivity (Wildman–Crippen MR) is 86.9 cm³/mol. The van der Waals surface area contributed by atoms with Crippen LogP contribution in [0.25, 0.3) is 0 Å². The largest absolute Gasteiger partial charge is 0.372 e. The molecule has 0 aliphatic rings. The summed E-state index contributed by atoms with van der Waals surface area (Å²) in [5.74, 6) is 0. The molecule has 2 aromatic carbocycles. The van der Waals surface area contributed by atoms with Gasteiger partial charge in [0.25, 0.3) is 0 Å². The van der Waals surface area contributed by atoms with E-state index >= 15 is 0 Å². The first-order valence-corrected chi connectivity index (χ1v) is 7.60. The molecule has 1 N–H and O–H groups in total. The summed E-state index contributed by atoms with van der Waals surface area (Å²) in [5.41, 5.74) is 3.52. The fourth-order valence-electron chi connectivity index (χ4n) is 1.88. The lowest BCUT2D eigenvalue weighted by Gasteiger charge is -2.09. The van der Waals surface area contributed by atoms with Gasteiger partial charge in [-0.05, 0) is 41.9 Å². The van der Waals surface area contributed by atoms with E-state index in [1.54, 1.807) is 0 Å². The minimum Gasteiger partial charge on any atom is -0.372 e. The highest BCUT2D eigenvalue weighted by Gasteiger charge is 2.02. The van der Waals surface area contributed by atoms with Gasteiger partial charge >= 0.3 is 0 Å². The Morgan fingerprint density at radius 1 is 1.05 bits per heavy atom. The average molecular weight is 355 g/mol. The number of halogens is 2. The lowest BCUT2D eigenvalue weighted by atomic mass is 10.1. The molecule has 0 bridgehead atoms. The van der Waals surface area contributed by atoms with Crippen LogP contribution in [0.3, 0.4) is 0 Å². The number of benzene rings is 2. The summed E-state index contributed by atoms with van der Waals surface area (Å²) in [6, 6.07) is 14.0. The van der Waals surface area contributed by atoms with Crippen molar-refractivity contribution in [3.05, 3.63) is 68.7 Å². The molecule has 106 valence electrons. The van der Waals surface area contributed by atoms with Crippen LogP contribution in [0.15, 0.2) is 46.9 Å². The summed E-state index contributed by atoms with van der Waals surface area (Å²) >= 11 is 9.44. The molecule has 0 aromatic heterocycles. The van der Waals surface area contributed by atoms with E-state index in [4.69, 9.17) is 16.3 Å². The highest BCUT2D eigenvalue weighted by Crippen LogP contribution is 2.20. The van der Waals surface area contributed by atoms with Crippen molar-refractivity contribution in [2.24, 2.45) is 0 Å². The van der Waals surface area contributed by atoms with Crippen molar-refractivity contribution in [1.29, 1.82) is 0 Å². The summed E-state index contributed by atoms with van der Waals surface area (Å²) in [6.45, 7) is 2.04. The fraction of sp³-hybridized carbons (Fsp3) is 0.250. The molecular weight excluding hydrogens is 338 g/mol. The van der Waals surface area contributed by atoms with Crippen molar-refractivity contribution in [3.63, 3.8) is 0 Å². The van der Waals surface area contributed by atoms with E-state index in [2.05, 4.69) is 39.4 Å². The Bertz CT molecular complexity index is 557. The monoisotopic (exact) mass is 353 g/mol. The first-order chi connectivity index (χ1) is 9.69. The van der Waals surface area contributed by atoms with Gasteiger partial charge in [-0.2, -0.15) is 0 Å². The summed E-state index contributed by atoms with van der Waals surface area (Å²) < 4.78 is 6.82. The molecule has 0 heterocycles. The lowest BCUT2D eigenvalue weighted by Crippen LogP contribution is -2.05. The number of hydrogen-bond donors (Lipinski definition) is 1. The molecule has 4 heteroatoms. The molecule has 0 spiro atoms. The van der Waals surface area contributed by atoms with Gasteiger partial charge in [-0.3, -0.25) is 0 Å². The minimum atomic E-state index is 0.585. The van der Waals surface area contributed by atoms with E-state index in [0.29, 0.717) is 13.2 Å². The van der Waals surface area contributed by atoms with Crippen LogP contribution in [0, 0.1) is 0 Å². The number of ether oxygens (including phenoxy) is 1. The van der Waals surface area contributed by atoms with Crippen molar-refractivity contribution in [2.45, 2.75) is 19.8 Å². The van der Waals surface area contributed by atoms with E-state index in [0.717, 1.165) is 27.2 Å². The first-order valence-electron chi connectivity index (χ1n) is 6.43. The van der Waals surface area contributed by atoms with Gasteiger partial charge in [-0.15, -0.1) is 0 Å². The quantitative estimate of drug-likeness (QED) is 0.822. The third-order valence-electron chi connectivity index (χ3n) is 2.94. The molecule has 0 unspecified atom stereocenters. The third kappa shape index (κ3) is 4.60. The topological polar surface area (TPSA) is 21.3 Å². The third-order valence-corrected chi connectivity index (χ3v) is 3.93. The Hall–Kier alpha value is -0.870. The van der Waals surface area contributed by atoms with Crippen LogP contribution in [-0.2, 0) is 24.5 Å². The fourth-order valence-corrected chi connectivity index (χ4v) is 2.55. The number of rotatable bonds is 6. The Morgan fingerprint density at radius 3 is 2.40 bits per heavy atom. The zero-order chi connectivity index (χ0) is 14.4. The maximum atomic E-state index is 5.85. The van der Waals surface area contributed by atoms with Gasteiger partial charge in [0, 0.05) is 16.0 Å². The zero-order valence-corrected chi connectivity index (χ0v) is 13.7. The zero-order valence-electron chi connectivity index (χ0n) is 11.3. The predicted octanol–water partition coefficient (Wildman–Crippen LogP) is 4.54. The van der Waals surface area contributed by atoms with Crippen LogP contribution >= 0.6 is 27.5 Å². The van der Waals surface area contributed by atoms with E-state index < -0.39 is 0 Å². The van der Waals surface area contributed by atoms with Crippen LogP contribution in [0.2, 0.25) is 5.02 Å². The van der Waals surface area contributed by atoms with Gasteiger partial charge in [0.15, 0.2) is 0 Å². The maximum Gasteiger partial charge on any atom is 0.0732 e. The lowest BCUT2D eigenvalue weighted by molar-refractivity contribution is 0.107. The SMILES string of the molecule is CNCc1ccc(COCc2ccc(Cl)cc2)c(Br)c1. The molecule has 0 amide bonds. The van der Waals surface area contributed by atoms with Crippen LogP contribution in [0.4, 0.5) is 0 Å². The Labute approximate surface area is 133 Å². The van der Waals surface area contributed by atoms with Gasteiger partial charge in [-0.25, -0.2) is 0 Å². The van der Waals surface area contributed by atoms with Crippen LogP contribution in [0.5, 0.6) is 0 Å². The molecule has 0 aliphatic heterocycles. The minimum absolute atomic E-state index is 0.585. The van der Waals surface area contributed by atoms with Crippen molar-refractivity contribution in [2.75, 3.05) is 7.05 Å². The van der Waals surface area contributed by atoms with Gasteiger partial charge in [0.05, 0.1) is 13.2 Å². The molecule has 0 radical (unpaired) electrons. The second-order valence-corrected chi connectivity index (χ2v) is 5.87. The summed E-state index contributed by atoms with van der Waals surface area (Å²) in [6.07, 6.45) is 0. The van der Waals surface area contributed by atoms with Crippen LogP contribution in [0.1, 0.15) is 16.7 Å². The van der Waals surface area contributed by atoms with E-state index in [9.17, 15) is 0 Å². The Balaban J connectivity index is 1.89. The Kier molecular flexibility index (Phi) is 6.05. The average Bonchev–Trinajstić information content (AvgIpc) is 2.44. The number of nitrogens with one attached hydrogen (secondary N) is 1. The molecule has 0 aliphatic carbocycles. The van der Waals surface area contributed by atoms with Gasteiger partial charge in [-0.1, -0.05) is 51.8 Å². The normalized spacial score (nSPS) is 10.8. The molecule has 0 saturated carbocycles. The van der Waals surface area contributed by atoms with Gasteiger partial charge in [0.1, 0.15) is 0 Å². The molecule has 2 nitrogen and oxygen atoms in total. The standard InChI is InChI=1S/C16H17BrClNO/c1-19-9-13-2-5-14(16(17)8-13)11-20-10-12-3-6-15(18)7-4-12/h2-8,19H,9-11H2,1H3. The Morgan fingerprint density at radius 2 is 1.75 bits per heavy atom. The molecule has 0 fully saturated rings. The first kappa shape index (κ1) is 15.5. The summed E-state index contributed by atoms with van der Waals surface area (Å²) in [7, 11) is 1.94. The van der Waals surface area contributed by atoms with E-state index in [-0.39, 0.29) is 0 Å². The second kappa shape index (κ2) is 7.79. The molecule has 2 rings (SSSR count). The summed E-state index contributed by atoms with van der Waals surface area (Å²) in [5, 5.41) is 3.88. The van der Waals surface area contributed by atoms with Crippen molar-refractivity contribution in [1.82, 2.24) is 5.32 Å². The highest BCUT2D eigenvalue weighted by atomic mass is 79.9. The number of hydrogen-bond acceptors (Lipinski definition) is 2. The van der Waals surface area contributed by atoms with E-state index in [1.165, 1.54) is 5.56 Å². The van der Waals surface area contributed by atoms with Crippen LogP contribution in [-0.4, -0.2) is 7.05 Å².